The number of hydrogen-bond acceptors (Lipinski definition) is 6. The number of esters is 1. The third kappa shape index (κ3) is 5.35. The first-order valence-electron chi connectivity index (χ1n) is 9.51. The van der Waals surface area contributed by atoms with Crippen LogP contribution in [-0.4, -0.2) is 36.4 Å². The SMILES string of the molecule is CCCOC(=O)c1ccc(OCC(=O)N/N=C/c2c(O)ccc3ccccc23)cc1. The van der Waals surface area contributed by atoms with Crippen molar-refractivity contribution in [2.75, 3.05) is 13.2 Å². The molecule has 7 heteroatoms. The molecule has 3 aromatic rings. The second kappa shape index (κ2) is 10.1. The highest BCUT2D eigenvalue weighted by molar-refractivity contribution is 6.02. The van der Waals surface area contributed by atoms with Gasteiger partial charge in [0, 0.05) is 5.56 Å². The minimum Gasteiger partial charge on any atom is -0.507 e. The summed E-state index contributed by atoms with van der Waals surface area (Å²) >= 11 is 0. The molecule has 7 nitrogen and oxygen atoms in total. The summed E-state index contributed by atoms with van der Waals surface area (Å²) in [7, 11) is 0. The summed E-state index contributed by atoms with van der Waals surface area (Å²) in [5.41, 5.74) is 3.30. The predicted octanol–water partition coefficient (Wildman–Crippen LogP) is 3.64. The van der Waals surface area contributed by atoms with Crippen LogP contribution in [0.3, 0.4) is 0 Å². The number of rotatable bonds is 8. The second-order valence-electron chi connectivity index (χ2n) is 6.46. The van der Waals surface area contributed by atoms with E-state index in [1.54, 1.807) is 30.3 Å². The average Bonchev–Trinajstić information content (AvgIpc) is 2.78. The Morgan fingerprint density at radius 3 is 2.60 bits per heavy atom. The molecule has 0 bridgehead atoms. The van der Waals surface area contributed by atoms with E-state index in [4.69, 9.17) is 9.47 Å². The van der Waals surface area contributed by atoms with E-state index in [0.717, 1.165) is 17.2 Å². The molecule has 0 aliphatic carbocycles. The topological polar surface area (TPSA) is 97.2 Å². The maximum atomic E-state index is 12.0. The number of carbonyl (C=O) groups is 2. The van der Waals surface area contributed by atoms with Gasteiger partial charge in [0.25, 0.3) is 5.91 Å². The highest BCUT2D eigenvalue weighted by atomic mass is 16.5. The largest absolute Gasteiger partial charge is 0.507 e. The summed E-state index contributed by atoms with van der Waals surface area (Å²) in [5, 5.41) is 15.8. The van der Waals surface area contributed by atoms with E-state index in [0.29, 0.717) is 23.5 Å². The molecule has 0 aliphatic rings. The third-order valence-corrected chi connectivity index (χ3v) is 4.23. The van der Waals surface area contributed by atoms with Gasteiger partial charge >= 0.3 is 5.97 Å². The highest BCUT2D eigenvalue weighted by Gasteiger charge is 2.08. The highest BCUT2D eigenvalue weighted by Crippen LogP contribution is 2.25. The van der Waals surface area contributed by atoms with E-state index < -0.39 is 11.9 Å². The van der Waals surface area contributed by atoms with Gasteiger partial charge in [-0.3, -0.25) is 4.79 Å². The molecule has 154 valence electrons. The number of aromatic hydroxyl groups is 1. The molecule has 0 heterocycles. The minimum absolute atomic E-state index is 0.0699. The van der Waals surface area contributed by atoms with Gasteiger partial charge in [-0.25, -0.2) is 10.2 Å². The number of hydrogen-bond donors (Lipinski definition) is 2. The summed E-state index contributed by atoms with van der Waals surface area (Å²) in [4.78, 5) is 23.7. The van der Waals surface area contributed by atoms with Crippen LogP contribution >= 0.6 is 0 Å². The van der Waals surface area contributed by atoms with Crippen molar-refractivity contribution in [1.29, 1.82) is 0 Å². The summed E-state index contributed by atoms with van der Waals surface area (Å²) in [6.07, 6.45) is 2.15. The van der Waals surface area contributed by atoms with Gasteiger partial charge < -0.3 is 14.6 Å². The Morgan fingerprint density at radius 2 is 1.83 bits per heavy atom. The second-order valence-corrected chi connectivity index (χ2v) is 6.46. The van der Waals surface area contributed by atoms with Crippen molar-refractivity contribution in [2.24, 2.45) is 5.10 Å². The lowest BCUT2D eigenvalue weighted by Gasteiger charge is -2.07. The van der Waals surface area contributed by atoms with Crippen LogP contribution in [0, 0.1) is 0 Å². The van der Waals surface area contributed by atoms with Crippen molar-refractivity contribution >= 4 is 28.9 Å². The molecule has 3 rings (SSSR count). The lowest BCUT2D eigenvalue weighted by molar-refractivity contribution is -0.123. The number of nitrogens with zero attached hydrogens (tertiary/aromatic N) is 1. The summed E-state index contributed by atoms with van der Waals surface area (Å²) in [6.45, 7) is 2.04. The average molecular weight is 406 g/mol. The normalized spacial score (nSPS) is 10.8. The van der Waals surface area contributed by atoms with Gasteiger partial charge in [-0.2, -0.15) is 5.10 Å². The van der Waals surface area contributed by atoms with Crippen LogP contribution in [0.4, 0.5) is 0 Å². The zero-order valence-corrected chi connectivity index (χ0v) is 16.5. The number of phenols is 1. The van der Waals surface area contributed by atoms with Crippen LogP contribution in [0.2, 0.25) is 0 Å². The van der Waals surface area contributed by atoms with Gasteiger partial charge in [0.2, 0.25) is 0 Å². The fourth-order valence-electron chi connectivity index (χ4n) is 2.74. The number of carbonyl (C=O) groups excluding carboxylic acids is 2. The Balaban J connectivity index is 1.53. The molecule has 0 saturated carbocycles. The lowest BCUT2D eigenvalue weighted by Crippen LogP contribution is -2.24. The van der Waals surface area contributed by atoms with Crippen molar-refractivity contribution in [3.63, 3.8) is 0 Å². The van der Waals surface area contributed by atoms with Crippen LogP contribution in [0.1, 0.15) is 29.3 Å². The maximum absolute atomic E-state index is 12.0. The zero-order valence-electron chi connectivity index (χ0n) is 16.5. The van der Waals surface area contributed by atoms with Crippen molar-refractivity contribution < 1.29 is 24.2 Å². The molecule has 0 radical (unpaired) electrons. The molecule has 30 heavy (non-hydrogen) atoms. The van der Waals surface area contributed by atoms with Crippen molar-refractivity contribution in [2.45, 2.75) is 13.3 Å². The number of ether oxygens (including phenoxy) is 2. The first-order chi connectivity index (χ1) is 14.6. The van der Waals surface area contributed by atoms with Crippen LogP contribution in [0.25, 0.3) is 10.8 Å². The number of hydrazone groups is 1. The standard InChI is InChI=1S/C23H22N2O5/c1-2-13-29-23(28)17-7-10-18(11-8-17)30-15-22(27)25-24-14-20-19-6-4-3-5-16(19)9-12-21(20)26/h3-12,14,26H,2,13,15H2,1H3,(H,25,27)/b24-14+. The molecule has 0 spiro atoms. The quantitative estimate of drug-likeness (QED) is 0.338. The molecular weight excluding hydrogens is 384 g/mol. The molecule has 0 atom stereocenters. The van der Waals surface area contributed by atoms with Gasteiger partial charge in [-0.15, -0.1) is 0 Å². The first-order valence-corrected chi connectivity index (χ1v) is 9.51. The Hall–Kier alpha value is -3.87. The summed E-state index contributed by atoms with van der Waals surface area (Å²) < 4.78 is 10.4. The van der Waals surface area contributed by atoms with E-state index in [2.05, 4.69) is 10.5 Å². The maximum Gasteiger partial charge on any atom is 0.338 e. The summed E-state index contributed by atoms with van der Waals surface area (Å²) in [6, 6.07) is 17.3. The van der Waals surface area contributed by atoms with Crippen LogP contribution < -0.4 is 10.2 Å². The molecule has 0 fully saturated rings. The van der Waals surface area contributed by atoms with Crippen molar-refractivity contribution in [1.82, 2.24) is 5.43 Å². The van der Waals surface area contributed by atoms with Crippen LogP contribution in [0.5, 0.6) is 11.5 Å². The van der Waals surface area contributed by atoms with Gasteiger partial charge in [0.15, 0.2) is 6.61 Å². The number of phenolic OH excluding ortho intramolecular Hbond substituents is 1. The van der Waals surface area contributed by atoms with Crippen LogP contribution in [-0.2, 0) is 9.53 Å². The molecule has 0 aromatic heterocycles. The van der Waals surface area contributed by atoms with E-state index >= 15 is 0 Å². The van der Waals surface area contributed by atoms with Gasteiger partial charge in [-0.1, -0.05) is 37.3 Å². The monoisotopic (exact) mass is 406 g/mol. The molecule has 0 saturated heterocycles. The Labute approximate surface area is 173 Å². The van der Waals surface area contributed by atoms with E-state index in [9.17, 15) is 14.7 Å². The lowest BCUT2D eigenvalue weighted by atomic mass is 10.0. The summed E-state index contributed by atoms with van der Waals surface area (Å²) in [5.74, 6) is -0.349. The van der Waals surface area contributed by atoms with E-state index in [1.807, 2.05) is 37.3 Å². The smallest absolute Gasteiger partial charge is 0.338 e. The molecule has 3 aromatic carbocycles. The predicted molar refractivity (Wildman–Crippen MR) is 114 cm³/mol. The first kappa shape index (κ1) is 20.9. The van der Waals surface area contributed by atoms with Gasteiger partial charge in [-0.05, 0) is 47.5 Å². The van der Waals surface area contributed by atoms with Crippen molar-refractivity contribution in [3.8, 4) is 11.5 Å². The molecule has 0 unspecified atom stereocenters. The third-order valence-electron chi connectivity index (χ3n) is 4.23. The van der Waals surface area contributed by atoms with Crippen LogP contribution in [0.15, 0.2) is 65.8 Å². The van der Waals surface area contributed by atoms with E-state index in [-0.39, 0.29) is 12.4 Å². The molecular formula is C23H22N2O5. The Bertz CT molecular complexity index is 1060. The molecule has 1 amide bonds. The van der Waals surface area contributed by atoms with Crippen molar-refractivity contribution in [3.05, 3.63) is 71.8 Å². The number of benzene rings is 3. The van der Waals surface area contributed by atoms with Gasteiger partial charge in [0.1, 0.15) is 11.5 Å². The molecule has 2 N–H and O–H groups in total. The fraction of sp³-hybridized carbons (Fsp3) is 0.174. The Kier molecular flexibility index (Phi) is 7.00. The number of fused-ring (bicyclic) bond motifs is 1. The molecule has 0 aliphatic heterocycles. The zero-order chi connectivity index (χ0) is 21.3. The number of nitrogens with one attached hydrogen (secondary N) is 1. The number of amides is 1. The minimum atomic E-state index is -0.461. The Morgan fingerprint density at radius 1 is 1.07 bits per heavy atom. The van der Waals surface area contributed by atoms with E-state index in [1.165, 1.54) is 6.21 Å². The fourth-order valence-corrected chi connectivity index (χ4v) is 2.74. The van der Waals surface area contributed by atoms with Gasteiger partial charge in [0.05, 0.1) is 18.4 Å².